The van der Waals surface area contributed by atoms with Crippen molar-refractivity contribution >= 4 is 5.69 Å². The molecule has 0 saturated heterocycles. The van der Waals surface area contributed by atoms with Gasteiger partial charge >= 0.3 is 0 Å². The van der Waals surface area contributed by atoms with Gasteiger partial charge in [0.1, 0.15) is 0 Å². The van der Waals surface area contributed by atoms with E-state index in [1.807, 2.05) is 0 Å². The van der Waals surface area contributed by atoms with Crippen LogP contribution in [0.3, 0.4) is 0 Å². The Morgan fingerprint density at radius 3 is 2.42 bits per heavy atom. The molecule has 1 N–H and O–H groups in total. The van der Waals surface area contributed by atoms with Crippen molar-refractivity contribution in [1.29, 1.82) is 0 Å². The van der Waals surface area contributed by atoms with Gasteiger partial charge in [0.25, 0.3) is 0 Å². The largest absolute Gasteiger partial charge is 0.385 e. The quantitative estimate of drug-likeness (QED) is 0.718. The van der Waals surface area contributed by atoms with Crippen LogP contribution in [0.4, 0.5) is 5.69 Å². The van der Waals surface area contributed by atoms with Crippen molar-refractivity contribution in [3.8, 4) is 0 Å². The standard InChI is InChI=1S/C11H15N/c1-2-12-11-7-5-10(6-8-11)9-3-4-9/h5-9,12H,2-4H2,1H3. The van der Waals surface area contributed by atoms with Crippen LogP contribution >= 0.6 is 0 Å². The molecule has 1 aliphatic carbocycles. The SMILES string of the molecule is CCNc1ccc(C2CC2)cc1. The monoisotopic (exact) mass is 161 g/mol. The maximum Gasteiger partial charge on any atom is 0.0340 e. The highest BCUT2D eigenvalue weighted by atomic mass is 14.8. The highest BCUT2D eigenvalue weighted by molar-refractivity contribution is 5.45. The van der Waals surface area contributed by atoms with E-state index in [-0.39, 0.29) is 0 Å². The highest BCUT2D eigenvalue weighted by Gasteiger charge is 2.22. The van der Waals surface area contributed by atoms with Gasteiger partial charge in [0.15, 0.2) is 0 Å². The lowest BCUT2D eigenvalue weighted by Gasteiger charge is -2.03. The molecule has 1 aromatic carbocycles. The molecule has 12 heavy (non-hydrogen) atoms. The van der Waals surface area contributed by atoms with Crippen molar-refractivity contribution in [3.05, 3.63) is 29.8 Å². The zero-order valence-corrected chi connectivity index (χ0v) is 7.51. The fraction of sp³-hybridized carbons (Fsp3) is 0.455. The second-order valence-corrected chi connectivity index (χ2v) is 3.43. The van der Waals surface area contributed by atoms with E-state index in [9.17, 15) is 0 Å². The van der Waals surface area contributed by atoms with E-state index in [0.29, 0.717) is 0 Å². The van der Waals surface area contributed by atoms with E-state index < -0.39 is 0 Å². The lowest BCUT2D eigenvalue weighted by molar-refractivity contribution is 1.13. The summed E-state index contributed by atoms with van der Waals surface area (Å²) >= 11 is 0. The molecule has 1 saturated carbocycles. The topological polar surface area (TPSA) is 12.0 Å². The summed E-state index contributed by atoms with van der Waals surface area (Å²) in [5, 5.41) is 3.29. The van der Waals surface area contributed by atoms with Crippen LogP contribution in [-0.4, -0.2) is 6.54 Å². The molecule has 0 atom stereocenters. The minimum atomic E-state index is 0.876. The first kappa shape index (κ1) is 7.66. The van der Waals surface area contributed by atoms with Gasteiger partial charge in [-0.25, -0.2) is 0 Å². The zero-order valence-electron chi connectivity index (χ0n) is 7.51. The van der Waals surface area contributed by atoms with Gasteiger partial charge in [-0.15, -0.1) is 0 Å². The van der Waals surface area contributed by atoms with Crippen molar-refractivity contribution < 1.29 is 0 Å². The molecule has 0 aromatic heterocycles. The van der Waals surface area contributed by atoms with Crippen LogP contribution in [0.25, 0.3) is 0 Å². The predicted molar refractivity (Wildman–Crippen MR) is 52.6 cm³/mol. The zero-order chi connectivity index (χ0) is 8.39. The summed E-state index contributed by atoms with van der Waals surface area (Å²) in [4.78, 5) is 0. The normalized spacial score (nSPS) is 16.1. The Balaban J connectivity index is 2.08. The van der Waals surface area contributed by atoms with Crippen LogP contribution < -0.4 is 5.32 Å². The van der Waals surface area contributed by atoms with E-state index in [0.717, 1.165) is 12.5 Å². The summed E-state index contributed by atoms with van der Waals surface area (Å²) in [5.74, 6) is 0.876. The van der Waals surface area contributed by atoms with E-state index in [4.69, 9.17) is 0 Å². The number of anilines is 1. The molecule has 0 amide bonds. The van der Waals surface area contributed by atoms with Crippen molar-refractivity contribution in [2.75, 3.05) is 11.9 Å². The number of benzene rings is 1. The van der Waals surface area contributed by atoms with E-state index in [1.54, 1.807) is 0 Å². The first-order chi connectivity index (χ1) is 5.90. The second kappa shape index (κ2) is 3.18. The molecular weight excluding hydrogens is 146 g/mol. The molecule has 1 heteroatoms. The Morgan fingerprint density at radius 1 is 1.25 bits per heavy atom. The molecule has 1 aliphatic rings. The van der Waals surface area contributed by atoms with Gasteiger partial charge in [0, 0.05) is 12.2 Å². The Bertz CT molecular complexity index is 246. The van der Waals surface area contributed by atoms with Crippen LogP contribution in [-0.2, 0) is 0 Å². The minimum Gasteiger partial charge on any atom is -0.385 e. The Kier molecular flexibility index (Phi) is 2.03. The van der Waals surface area contributed by atoms with Crippen LogP contribution in [0.1, 0.15) is 31.2 Å². The van der Waals surface area contributed by atoms with E-state index >= 15 is 0 Å². The molecule has 0 heterocycles. The number of nitrogens with one attached hydrogen (secondary N) is 1. The number of hydrogen-bond acceptors (Lipinski definition) is 1. The van der Waals surface area contributed by atoms with E-state index in [1.165, 1.54) is 24.1 Å². The summed E-state index contributed by atoms with van der Waals surface area (Å²) in [6, 6.07) is 8.85. The van der Waals surface area contributed by atoms with Gasteiger partial charge in [-0.3, -0.25) is 0 Å². The molecule has 1 fully saturated rings. The van der Waals surface area contributed by atoms with Crippen LogP contribution in [0.5, 0.6) is 0 Å². The predicted octanol–water partition coefficient (Wildman–Crippen LogP) is 3.00. The van der Waals surface area contributed by atoms with Gasteiger partial charge in [-0.2, -0.15) is 0 Å². The molecule has 0 bridgehead atoms. The number of hydrogen-bond donors (Lipinski definition) is 1. The first-order valence-electron chi connectivity index (χ1n) is 4.74. The van der Waals surface area contributed by atoms with Crippen LogP contribution in [0, 0.1) is 0 Å². The van der Waals surface area contributed by atoms with Crippen molar-refractivity contribution in [1.82, 2.24) is 0 Å². The third kappa shape index (κ3) is 1.60. The van der Waals surface area contributed by atoms with Gasteiger partial charge in [0.05, 0.1) is 0 Å². The lowest BCUT2D eigenvalue weighted by atomic mass is 10.1. The van der Waals surface area contributed by atoms with Gasteiger partial charge in [-0.05, 0) is 43.4 Å². The smallest absolute Gasteiger partial charge is 0.0340 e. The summed E-state index contributed by atoms with van der Waals surface area (Å²) in [7, 11) is 0. The summed E-state index contributed by atoms with van der Waals surface area (Å²) in [6.07, 6.45) is 2.78. The molecule has 0 spiro atoms. The van der Waals surface area contributed by atoms with Gasteiger partial charge in [-0.1, -0.05) is 12.1 Å². The maximum absolute atomic E-state index is 3.29. The molecule has 0 unspecified atom stereocenters. The molecule has 2 rings (SSSR count). The average Bonchev–Trinajstić information content (AvgIpc) is 2.89. The Morgan fingerprint density at radius 2 is 1.92 bits per heavy atom. The molecule has 1 aromatic rings. The summed E-state index contributed by atoms with van der Waals surface area (Å²) in [6.45, 7) is 3.12. The molecule has 64 valence electrons. The molecule has 0 radical (unpaired) electrons. The van der Waals surface area contributed by atoms with Gasteiger partial charge < -0.3 is 5.32 Å². The van der Waals surface area contributed by atoms with Crippen molar-refractivity contribution in [2.24, 2.45) is 0 Å². The molecular formula is C11H15N. The van der Waals surface area contributed by atoms with Crippen LogP contribution in [0.15, 0.2) is 24.3 Å². The van der Waals surface area contributed by atoms with Crippen LogP contribution in [0.2, 0.25) is 0 Å². The lowest BCUT2D eigenvalue weighted by Crippen LogP contribution is -1.95. The highest BCUT2D eigenvalue weighted by Crippen LogP contribution is 2.40. The Labute approximate surface area is 73.8 Å². The maximum atomic E-state index is 3.29. The van der Waals surface area contributed by atoms with E-state index in [2.05, 4.69) is 36.5 Å². The summed E-state index contributed by atoms with van der Waals surface area (Å²) in [5.41, 5.74) is 2.75. The summed E-state index contributed by atoms with van der Waals surface area (Å²) < 4.78 is 0. The average molecular weight is 161 g/mol. The first-order valence-corrected chi connectivity index (χ1v) is 4.74. The second-order valence-electron chi connectivity index (χ2n) is 3.43. The van der Waals surface area contributed by atoms with Crippen molar-refractivity contribution in [2.45, 2.75) is 25.7 Å². The molecule has 0 aliphatic heterocycles. The fourth-order valence-electron chi connectivity index (χ4n) is 1.49. The minimum absolute atomic E-state index is 0.876. The Hall–Kier alpha value is -0.980. The van der Waals surface area contributed by atoms with Gasteiger partial charge in [0.2, 0.25) is 0 Å². The third-order valence-electron chi connectivity index (χ3n) is 2.34. The third-order valence-corrected chi connectivity index (χ3v) is 2.34. The van der Waals surface area contributed by atoms with Crippen molar-refractivity contribution in [3.63, 3.8) is 0 Å². The fourth-order valence-corrected chi connectivity index (χ4v) is 1.49. The molecule has 1 nitrogen and oxygen atoms in total. The number of rotatable bonds is 3.